The molecule has 1 aliphatic rings. The SMILES string of the molecule is COc1ccc(C2=NN(C(=O)Cn3cnc4c(cnn4CCO)c3=O)C(c3ccc(F)cc3)C2)cc1. The summed E-state index contributed by atoms with van der Waals surface area (Å²) in [5.41, 5.74) is 2.15. The van der Waals surface area contributed by atoms with Gasteiger partial charge in [-0.3, -0.25) is 14.2 Å². The van der Waals surface area contributed by atoms with E-state index in [-0.39, 0.29) is 30.9 Å². The van der Waals surface area contributed by atoms with Gasteiger partial charge in [0.1, 0.15) is 29.8 Å². The molecule has 0 fully saturated rings. The predicted molar refractivity (Wildman–Crippen MR) is 129 cm³/mol. The molecule has 0 spiro atoms. The zero-order valence-electron chi connectivity index (χ0n) is 19.4. The Morgan fingerprint density at radius 3 is 2.61 bits per heavy atom. The van der Waals surface area contributed by atoms with E-state index >= 15 is 0 Å². The van der Waals surface area contributed by atoms with Crippen molar-refractivity contribution in [3.05, 3.63) is 88.4 Å². The van der Waals surface area contributed by atoms with Crippen LogP contribution in [0.25, 0.3) is 11.0 Å². The van der Waals surface area contributed by atoms with E-state index in [1.807, 2.05) is 24.3 Å². The van der Waals surface area contributed by atoms with Crippen molar-refractivity contribution in [2.45, 2.75) is 25.6 Å². The number of hydrogen-bond acceptors (Lipinski definition) is 7. The number of aromatic nitrogens is 4. The molecule has 1 unspecified atom stereocenters. The van der Waals surface area contributed by atoms with Gasteiger partial charge in [-0.1, -0.05) is 12.1 Å². The van der Waals surface area contributed by atoms with Crippen LogP contribution in [0.5, 0.6) is 5.75 Å². The minimum Gasteiger partial charge on any atom is -0.497 e. The molecule has 3 heterocycles. The van der Waals surface area contributed by atoms with Crippen LogP contribution in [0.4, 0.5) is 4.39 Å². The van der Waals surface area contributed by atoms with Crippen molar-refractivity contribution in [3.63, 3.8) is 0 Å². The normalized spacial score (nSPS) is 15.4. The lowest BCUT2D eigenvalue weighted by Crippen LogP contribution is -2.34. The maximum atomic E-state index is 13.6. The minimum atomic E-state index is -0.463. The average Bonchev–Trinajstić information content (AvgIpc) is 3.52. The van der Waals surface area contributed by atoms with E-state index < -0.39 is 17.5 Å². The van der Waals surface area contributed by atoms with Gasteiger partial charge >= 0.3 is 0 Å². The highest BCUT2D eigenvalue weighted by atomic mass is 19.1. The standard InChI is InChI=1S/C25H23FN6O4/c1-36-19-8-4-16(5-9-19)21-12-22(17-2-6-18(26)7-3-17)32(29-21)23(34)14-30-15-27-24-20(25(30)35)13-28-31(24)10-11-33/h2-9,13,15,22,33H,10-12,14H2,1H3. The number of halogens is 1. The van der Waals surface area contributed by atoms with E-state index in [1.165, 1.54) is 38.9 Å². The highest BCUT2D eigenvalue weighted by molar-refractivity contribution is 6.03. The number of rotatable bonds is 7. The molecule has 5 rings (SSSR count). The molecule has 2 aromatic heterocycles. The molecule has 1 atom stereocenters. The number of amides is 1. The van der Waals surface area contributed by atoms with Gasteiger partial charge in [0.2, 0.25) is 0 Å². The molecular weight excluding hydrogens is 467 g/mol. The Kier molecular flexibility index (Phi) is 6.30. The Labute approximate surface area is 204 Å². The van der Waals surface area contributed by atoms with Crippen LogP contribution < -0.4 is 10.3 Å². The summed E-state index contributed by atoms with van der Waals surface area (Å²) in [7, 11) is 1.58. The van der Waals surface area contributed by atoms with Crippen molar-refractivity contribution in [3.8, 4) is 5.75 Å². The first-order valence-electron chi connectivity index (χ1n) is 11.3. The molecule has 2 aromatic carbocycles. The number of carbonyl (C=O) groups excluding carboxylic acids is 1. The van der Waals surface area contributed by atoms with Crippen molar-refractivity contribution in [2.24, 2.45) is 5.10 Å². The van der Waals surface area contributed by atoms with E-state index in [0.29, 0.717) is 23.5 Å². The molecule has 10 nitrogen and oxygen atoms in total. The zero-order chi connectivity index (χ0) is 25.2. The molecule has 0 saturated carbocycles. The smallest absolute Gasteiger partial charge is 0.264 e. The fraction of sp³-hybridized carbons (Fsp3) is 0.240. The first-order valence-corrected chi connectivity index (χ1v) is 11.3. The summed E-state index contributed by atoms with van der Waals surface area (Å²) in [5, 5.41) is 19.4. The van der Waals surface area contributed by atoms with Crippen molar-refractivity contribution >= 4 is 22.7 Å². The maximum Gasteiger partial charge on any atom is 0.264 e. The van der Waals surface area contributed by atoms with Crippen LogP contribution in [0, 0.1) is 5.82 Å². The van der Waals surface area contributed by atoms with E-state index in [4.69, 9.17) is 9.84 Å². The van der Waals surface area contributed by atoms with E-state index in [2.05, 4.69) is 15.2 Å². The summed E-state index contributed by atoms with van der Waals surface area (Å²) in [4.78, 5) is 30.7. The Hall–Kier alpha value is -4.38. The van der Waals surface area contributed by atoms with Gasteiger partial charge in [-0.2, -0.15) is 10.2 Å². The third-order valence-corrected chi connectivity index (χ3v) is 6.08. The maximum absolute atomic E-state index is 13.6. The zero-order valence-corrected chi connectivity index (χ0v) is 19.4. The van der Waals surface area contributed by atoms with Crippen molar-refractivity contribution in [1.29, 1.82) is 0 Å². The first kappa shape index (κ1) is 23.4. The number of fused-ring (bicyclic) bond motifs is 1. The van der Waals surface area contributed by atoms with Gasteiger partial charge in [-0.15, -0.1) is 0 Å². The number of hydrogen-bond donors (Lipinski definition) is 1. The predicted octanol–water partition coefficient (Wildman–Crippen LogP) is 2.11. The molecule has 1 amide bonds. The van der Waals surface area contributed by atoms with E-state index in [0.717, 1.165) is 11.1 Å². The lowest BCUT2D eigenvalue weighted by Gasteiger charge is -2.22. The topological polar surface area (TPSA) is 115 Å². The summed E-state index contributed by atoms with van der Waals surface area (Å²) < 4.78 is 21.4. The first-order chi connectivity index (χ1) is 17.5. The molecule has 4 aromatic rings. The lowest BCUT2D eigenvalue weighted by atomic mass is 9.98. The summed E-state index contributed by atoms with van der Waals surface area (Å²) in [5.74, 6) is -0.0950. The van der Waals surface area contributed by atoms with Gasteiger partial charge in [-0.25, -0.2) is 19.1 Å². The number of nitrogens with zero attached hydrogens (tertiary/aromatic N) is 6. The average molecular weight is 490 g/mol. The quantitative estimate of drug-likeness (QED) is 0.424. The summed E-state index contributed by atoms with van der Waals surface area (Å²) in [6.07, 6.45) is 3.08. The fourth-order valence-electron chi connectivity index (χ4n) is 4.23. The van der Waals surface area contributed by atoms with E-state index in [1.54, 1.807) is 19.2 Å². The molecule has 0 saturated heterocycles. The van der Waals surface area contributed by atoms with Crippen molar-refractivity contribution in [1.82, 2.24) is 24.3 Å². The van der Waals surface area contributed by atoms with Gasteiger partial charge < -0.3 is 9.84 Å². The Balaban J connectivity index is 1.46. The van der Waals surface area contributed by atoms with Crippen LogP contribution in [0.15, 0.2) is 71.0 Å². The molecule has 0 radical (unpaired) electrons. The summed E-state index contributed by atoms with van der Waals surface area (Å²) in [6.45, 7) is -0.229. The number of carbonyl (C=O) groups is 1. The molecule has 36 heavy (non-hydrogen) atoms. The van der Waals surface area contributed by atoms with Crippen LogP contribution in [-0.2, 0) is 17.9 Å². The van der Waals surface area contributed by atoms with Gasteiger partial charge in [0, 0.05) is 6.42 Å². The highest BCUT2D eigenvalue weighted by Crippen LogP contribution is 2.33. The molecule has 184 valence electrons. The lowest BCUT2D eigenvalue weighted by molar-refractivity contribution is -0.133. The van der Waals surface area contributed by atoms with Crippen LogP contribution >= 0.6 is 0 Å². The molecule has 0 bridgehead atoms. The number of ether oxygens (including phenoxy) is 1. The van der Waals surface area contributed by atoms with Gasteiger partial charge in [0.15, 0.2) is 5.65 Å². The third kappa shape index (κ3) is 4.36. The number of benzene rings is 2. The molecule has 1 N–H and O–H groups in total. The molecule has 11 heteroatoms. The van der Waals surface area contributed by atoms with Crippen LogP contribution in [-0.4, -0.2) is 54.8 Å². The number of aliphatic hydroxyl groups excluding tert-OH is 1. The summed E-state index contributed by atoms with van der Waals surface area (Å²) in [6, 6.07) is 12.8. The second-order valence-electron chi connectivity index (χ2n) is 8.29. The largest absolute Gasteiger partial charge is 0.497 e. The van der Waals surface area contributed by atoms with E-state index in [9.17, 15) is 14.0 Å². The van der Waals surface area contributed by atoms with Crippen LogP contribution in [0.3, 0.4) is 0 Å². The Morgan fingerprint density at radius 1 is 1.17 bits per heavy atom. The van der Waals surface area contributed by atoms with Gasteiger partial charge in [0.05, 0.1) is 38.2 Å². The van der Waals surface area contributed by atoms with Crippen LogP contribution in [0.2, 0.25) is 0 Å². The molecule has 0 aliphatic carbocycles. The second kappa shape index (κ2) is 9.70. The highest BCUT2D eigenvalue weighted by Gasteiger charge is 2.33. The monoisotopic (exact) mass is 490 g/mol. The number of methoxy groups -OCH3 is 1. The third-order valence-electron chi connectivity index (χ3n) is 6.08. The molecule has 1 aliphatic heterocycles. The minimum absolute atomic E-state index is 0.145. The Morgan fingerprint density at radius 2 is 1.92 bits per heavy atom. The van der Waals surface area contributed by atoms with Gasteiger partial charge in [-0.05, 0) is 47.5 Å². The molecular formula is C25H23FN6O4. The second-order valence-corrected chi connectivity index (χ2v) is 8.29. The van der Waals surface area contributed by atoms with Crippen molar-refractivity contribution in [2.75, 3.05) is 13.7 Å². The fourth-order valence-corrected chi connectivity index (χ4v) is 4.23. The van der Waals surface area contributed by atoms with Crippen LogP contribution in [0.1, 0.15) is 23.6 Å². The van der Waals surface area contributed by atoms with Crippen molar-refractivity contribution < 1.29 is 19.0 Å². The number of hydrazone groups is 1. The number of aliphatic hydroxyl groups is 1. The van der Waals surface area contributed by atoms with Gasteiger partial charge in [0.25, 0.3) is 11.5 Å². The Bertz CT molecular complexity index is 1490. The summed E-state index contributed by atoms with van der Waals surface area (Å²) >= 11 is 0.